The van der Waals surface area contributed by atoms with E-state index < -0.39 is 0 Å². The predicted molar refractivity (Wildman–Crippen MR) is 73.4 cm³/mol. The fourth-order valence-corrected chi connectivity index (χ4v) is 1.96. The van der Waals surface area contributed by atoms with E-state index in [1.807, 2.05) is 30.3 Å². The SMILES string of the molecule is C=CCCCCCC(=O)Cc1cccc(Cl)c1. The molecule has 0 atom stereocenters. The van der Waals surface area contributed by atoms with Gasteiger partial charge >= 0.3 is 0 Å². The topological polar surface area (TPSA) is 17.1 Å². The Kier molecular flexibility index (Phi) is 6.64. The van der Waals surface area contributed by atoms with E-state index in [0.717, 1.165) is 31.2 Å². The Bertz CT molecular complexity index is 371. The van der Waals surface area contributed by atoms with Crippen LogP contribution in [-0.2, 0) is 11.2 Å². The van der Waals surface area contributed by atoms with Crippen LogP contribution in [0.2, 0.25) is 5.02 Å². The summed E-state index contributed by atoms with van der Waals surface area (Å²) in [6.45, 7) is 3.68. The number of halogens is 1. The zero-order chi connectivity index (χ0) is 12.5. The van der Waals surface area contributed by atoms with Crippen molar-refractivity contribution in [1.29, 1.82) is 0 Å². The minimum Gasteiger partial charge on any atom is -0.299 e. The zero-order valence-electron chi connectivity index (χ0n) is 10.1. The summed E-state index contributed by atoms with van der Waals surface area (Å²) in [5.74, 6) is 0.297. The molecular formula is C15H19ClO. The van der Waals surface area contributed by atoms with E-state index >= 15 is 0 Å². The fraction of sp³-hybridized carbons (Fsp3) is 0.400. The molecule has 0 radical (unpaired) electrons. The zero-order valence-corrected chi connectivity index (χ0v) is 10.9. The highest BCUT2D eigenvalue weighted by atomic mass is 35.5. The van der Waals surface area contributed by atoms with Crippen LogP contribution < -0.4 is 0 Å². The standard InChI is InChI=1S/C15H19ClO/c1-2-3-4-5-6-10-15(17)12-13-8-7-9-14(16)11-13/h2,7-9,11H,1,3-6,10,12H2. The highest BCUT2D eigenvalue weighted by molar-refractivity contribution is 6.30. The van der Waals surface area contributed by atoms with E-state index in [9.17, 15) is 4.79 Å². The van der Waals surface area contributed by atoms with Crippen LogP contribution in [0, 0.1) is 0 Å². The van der Waals surface area contributed by atoms with E-state index in [0.29, 0.717) is 23.6 Å². The first kappa shape index (κ1) is 14.0. The molecule has 92 valence electrons. The molecule has 0 aliphatic heterocycles. The highest BCUT2D eigenvalue weighted by Gasteiger charge is 2.03. The molecule has 0 fully saturated rings. The molecule has 0 saturated carbocycles. The van der Waals surface area contributed by atoms with Crippen molar-refractivity contribution >= 4 is 17.4 Å². The third kappa shape index (κ3) is 6.28. The molecule has 0 bridgehead atoms. The summed E-state index contributed by atoms with van der Waals surface area (Å²) in [6, 6.07) is 7.51. The van der Waals surface area contributed by atoms with Gasteiger partial charge in [0.25, 0.3) is 0 Å². The molecule has 0 saturated heterocycles. The first-order valence-corrected chi connectivity index (χ1v) is 6.47. The van der Waals surface area contributed by atoms with Gasteiger partial charge in [-0.15, -0.1) is 6.58 Å². The Morgan fingerprint density at radius 1 is 1.29 bits per heavy atom. The van der Waals surface area contributed by atoms with Crippen molar-refractivity contribution in [2.75, 3.05) is 0 Å². The Morgan fingerprint density at radius 3 is 2.82 bits per heavy atom. The number of rotatable bonds is 8. The number of carbonyl (C=O) groups excluding carboxylic acids is 1. The van der Waals surface area contributed by atoms with Gasteiger partial charge in [0.05, 0.1) is 0 Å². The predicted octanol–water partition coefficient (Wildman–Crippen LogP) is 4.59. The number of hydrogen-bond donors (Lipinski definition) is 0. The van der Waals surface area contributed by atoms with Gasteiger partial charge in [-0.1, -0.05) is 36.2 Å². The van der Waals surface area contributed by atoms with Crippen LogP contribution in [-0.4, -0.2) is 5.78 Å². The van der Waals surface area contributed by atoms with E-state index in [1.165, 1.54) is 0 Å². The van der Waals surface area contributed by atoms with Crippen LogP contribution in [0.3, 0.4) is 0 Å². The number of allylic oxidation sites excluding steroid dienone is 1. The number of carbonyl (C=O) groups is 1. The van der Waals surface area contributed by atoms with Gasteiger partial charge in [0.1, 0.15) is 5.78 Å². The second-order valence-corrected chi connectivity index (χ2v) is 4.67. The third-order valence-electron chi connectivity index (χ3n) is 2.65. The monoisotopic (exact) mass is 250 g/mol. The minimum atomic E-state index is 0.297. The van der Waals surface area contributed by atoms with Crippen LogP contribution in [0.4, 0.5) is 0 Å². The van der Waals surface area contributed by atoms with Gasteiger partial charge in [-0.05, 0) is 37.0 Å². The van der Waals surface area contributed by atoms with Crippen LogP contribution in [0.1, 0.15) is 37.7 Å². The van der Waals surface area contributed by atoms with E-state index in [-0.39, 0.29) is 0 Å². The smallest absolute Gasteiger partial charge is 0.137 e. The maximum absolute atomic E-state index is 11.7. The molecule has 0 unspecified atom stereocenters. The molecule has 0 aliphatic rings. The summed E-state index contributed by atoms with van der Waals surface area (Å²) in [4.78, 5) is 11.7. The van der Waals surface area contributed by atoms with Crippen molar-refractivity contribution in [3.63, 3.8) is 0 Å². The van der Waals surface area contributed by atoms with Gasteiger partial charge in [0.15, 0.2) is 0 Å². The molecular weight excluding hydrogens is 232 g/mol. The Morgan fingerprint density at radius 2 is 2.12 bits per heavy atom. The van der Waals surface area contributed by atoms with Crippen molar-refractivity contribution in [3.05, 3.63) is 47.5 Å². The number of Topliss-reactive ketones (excluding diaryl/α,β-unsaturated/α-hetero) is 1. The van der Waals surface area contributed by atoms with Crippen LogP contribution >= 0.6 is 11.6 Å². The maximum atomic E-state index is 11.7. The van der Waals surface area contributed by atoms with E-state index in [4.69, 9.17) is 11.6 Å². The van der Waals surface area contributed by atoms with Gasteiger partial charge in [-0.3, -0.25) is 4.79 Å². The summed E-state index contributed by atoms with van der Waals surface area (Å²) in [5.41, 5.74) is 1.01. The molecule has 0 spiro atoms. The number of ketones is 1. The van der Waals surface area contributed by atoms with Gasteiger partial charge in [0, 0.05) is 17.9 Å². The minimum absolute atomic E-state index is 0.297. The van der Waals surface area contributed by atoms with Crippen LogP contribution in [0.25, 0.3) is 0 Å². The molecule has 1 nitrogen and oxygen atoms in total. The number of benzene rings is 1. The molecule has 0 heterocycles. The molecule has 0 amide bonds. The lowest BCUT2D eigenvalue weighted by atomic mass is 10.0. The summed E-state index contributed by atoms with van der Waals surface area (Å²) in [5, 5.41) is 0.696. The molecule has 1 aromatic rings. The molecule has 0 N–H and O–H groups in total. The number of unbranched alkanes of at least 4 members (excludes halogenated alkanes) is 3. The molecule has 1 aromatic carbocycles. The van der Waals surface area contributed by atoms with Crippen LogP contribution in [0.5, 0.6) is 0 Å². The van der Waals surface area contributed by atoms with Crippen molar-refractivity contribution < 1.29 is 4.79 Å². The molecule has 2 heteroatoms. The quantitative estimate of drug-likeness (QED) is 0.487. The average molecular weight is 251 g/mol. The maximum Gasteiger partial charge on any atom is 0.137 e. The lowest BCUT2D eigenvalue weighted by Crippen LogP contribution is -2.02. The summed E-state index contributed by atoms with van der Waals surface area (Å²) >= 11 is 5.87. The van der Waals surface area contributed by atoms with Crippen LogP contribution in [0.15, 0.2) is 36.9 Å². The third-order valence-corrected chi connectivity index (χ3v) is 2.89. The summed E-state index contributed by atoms with van der Waals surface area (Å²) in [6.07, 6.45) is 7.36. The van der Waals surface area contributed by atoms with E-state index in [1.54, 1.807) is 0 Å². The second kappa shape index (κ2) is 8.08. The summed E-state index contributed by atoms with van der Waals surface area (Å²) in [7, 11) is 0. The lowest BCUT2D eigenvalue weighted by Gasteiger charge is -2.02. The van der Waals surface area contributed by atoms with Crippen molar-refractivity contribution in [3.8, 4) is 0 Å². The first-order chi connectivity index (χ1) is 8.22. The first-order valence-electron chi connectivity index (χ1n) is 6.09. The fourth-order valence-electron chi connectivity index (χ4n) is 1.75. The Labute approximate surface area is 108 Å². The molecule has 1 rings (SSSR count). The molecule has 17 heavy (non-hydrogen) atoms. The largest absolute Gasteiger partial charge is 0.299 e. The lowest BCUT2D eigenvalue weighted by molar-refractivity contribution is -0.118. The van der Waals surface area contributed by atoms with Crippen molar-refractivity contribution in [2.24, 2.45) is 0 Å². The van der Waals surface area contributed by atoms with Gasteiger partial charge in [-0.2, -0.15) is 0 Å². The molecule has 0 aromatic heterocycles. The van der Waals surface area contributed by atoms with E-state index in [2.05, 4.69) is 6.58 Å². The average Bonchev–Trinajstić information content (AvgIpc) is 2.29. The van der Waals surface area contributed by atoms with Crippen molar-refractivity contribution in [1.82, 2.24) is 0 Å². The summed E-state index contributed by atoms with van der Waals surface area (Å²) < 4.78 is 0. The molecule has 0 aliphatic carbocycles. The Hall–Kier alpha value is -1.08. The van der Waals surface area contributed by atoms with Gasteiger partial charge in [-0.25, -0.2) is 0 Å². The van der Waals surface area contributed by atoms with Crippen molar-refractivity contribution in [2.45, 2.75) is 38.5 Å². The van der Waals surface area contributed by atoms with Gasteiger partial charge in [0.2, 0.25) is 0 Å². The Balaban J connectivity index is 2.23. The van der Waals surface area contributed by atoms with Gasteiger partial charge < -0.3 is 0 Å². The number of hydrogen-bond acceptors (Lipinski definition) is 1. The second-order valence-electron chi connectivity index (χ2n) is 4.23. The normalized spacial score (nSPS) is 10.2. The highest BCUT2D eigenvalue weighted by Crippen LogP contribution is 2.13.